The molecule has 0 aromatic carbocycles. The zero-order valence-electron chi connectivity index (χ0n) is 12.7. The summed E-state index contributed by atoms with van der Waals surface area (Å²) in [5.41, 5.74) is -0.869. The van der Waals surface area contributed by atoms with Crippen LogP contribution in [0.15, 0.2) is 0 Å². The molecule has 0 aliphatic heterocycles. The van der Waals surface area contributed by atoms with E-state index in [2.05, 4.69) is 0 Å². The van der Waals surface area contributed by atoms with Crippen molar-refractivity contribution < 1.29 is 0 Å². The summed E-state index contributed by atoms with van der Waals surface area (Å²) >= 11 is 52.7. The molecule has 0 saturated heterocycles. The minimum Gasteiger partial charge on any atom is -0.101 e. The van der Waals surface area contributed by atoms with E-state index in [1.54, 1.807) is 0 Å². The first kappa shape index (κ1) is 18.4. The van der Waals surface area contributed by atoms with Crippen molar-refractivity contribution in [3.8, 4) is 0 Å². The third-order valence-corrected chi connectivity index (χ3v) is 11.8. The van der Waals surface area contributed by atoms with E-state index in [-0.39, 0.29) is 21.7 Å². The van der Waals surface area contributed by atoms with E-state index in [4.69, 9.17) is 92.8 Å². The van der Waals surface area contributed by atoms with Crippen molar-refractivity contribution in [3.05, 3.63) is 0 Å². The predicted molar refractivity (Wildman–Crippen MR) is 104 cm³/mol. The Labute approximate surface area is 182 Å². The first-order valence-corrected chi connectivity index (χ1v) is 11.2. The van der Waals surface area contributed by atoms with E-state index in [0.717, 1.165) is 51.4 Å². The lowest BCUT2D eigenvalue weighted by molar-refractivity contribution is 0.138. The van der Waals surface area contributed by atoms with E-state index in [1.165, 1.54) is 0 Å². The molecule has 0 aromatic heterocycles. The molecule has 0 amide bonds. The third kappa shape index (κ3) is 2.16. The van der Waals surface area contributed by atoms with Crippen LogP contribution in [0, 0.1) is 21.7 Å². The van der Waals surface area contributed by atoms with Gasteiger partial charge in [0.25, 0.3) is 0 Å². The molecule has 5 aliphatic rings. The highest BCUT2D eigenvalue weighted by atomic mass is 35.5. The molecule has 136 valence electrons. The summed E-state index contributed by atoms with van der Waals surface area (Å²) in [6.45, 7) is 0. The van der Waals surface area contributed by atoms with Crippen molar-refractivity contribution >= 4 is 92.8 Å². The molecular weight excluding hydrogens is 476 g/mol. The van der Waals surface area contributed by atoms with Crippen LogP contribution in [0.4, 0.5) is 0 Å². The van der Waals surface area contributed by atoms with Gasteiger partial charge in [-0.1, -0.05) is 0 Å². The first-order valence-electron chi connectivity index (χ1n) is 8.17. The van der Waals surface area contributed by atoms with E-state index in [1.807, 2.05) is 0 Å². The maximum Gasteiger partial charge on any atom is 0.124 e. The maximum absolute atomic E-state index is 6.58. The monoisotopic (exact) mass is 488 g/mol. The van der Waals surface area contributed by atoms with Crippen LogP contribution in [0.2, 0.25) is 0 Å². The Kier molecular flexibility index (Phi) is 3.37. The highest BCUT2D eigenvalue weighted by Crippen LogP contribution is 2.89. The summed E-state index contributed by atoms with van der Waals surface area (Å²) in [6.07, 6.45) is 6.10. The molecule has 5 rings (SSSR count). The van der Waals surface area contributed by atoms with Crippen molar-refractivity contribution in [2.45, 2.75) is 68.7 Å². The lowest BCUT2D eigenvalue weighted by Gasteiger charge is -2.39. The van der Waals surface area contributed by atoms with Crippen LogP contribution in [0.3, 0.4) is 0 Å². The molecule has 0 atom stereocenters. The van der Waals surface area contributed by atoms with Gasteiger partial charge in [0, 0.05) is 21.7 Å². The molecule has 0 nitrogen and oxygen atoms in total. The summed E-state index contributed by atoms with van der Waals surface area (Å²) in [4.78, 5) is 0. The Morgan fingerprint density at radius 2 is 0.417 bits per heavy atom. The lowest BCUT2D eigenvalue weighted by Crippen LogP contribution is -2.34. The van der Waals surface area contributed by atoms with Crippen LogP contribution in [0.5, 0.6) is 0 Å². The van der Waals surface area contributed by atoms with Crippen LogP contribution < -0.4 is 0 Å². The number of alkyl halides is 8. The van der Waals surface area contributed by atoms with Crippen LogP contribution in [-0.4, -0.2) is 17.3 Å². The summed E-state index contributed by atoms with van der Waals surface area (Å²) in [7, 11) is 0. The molecule has 5 saturated carbocycles. The van der Waals surface area contributed by atoms with Gasteiger partial charge < -0.3 is 0 Å². The molecule has 4 spiro atoms. The molecule has 8 heteroatoms. The fourth-order valence-corrected chi connectivity index (χ4v) is 9.01. The normalized spacial score (nSPS) is 57.0. The molecule has 24 heavy (non-hydrogen) atoms. The second-order valence-corrected chi connectivity index (χ2v) is 15.3. The van der Waals surface area contributed by atoms with E-state index < -0.39 is 17.3 Å². The Morgan fingerprint density at radius 3 is 0.500 bits per heavy atom. The Balaban J connectivity index is 1.57. The van der Waals surface area contributed by atoms with Crippen LogP contribution in [0.1, 0.15) is 51.4 Å². The van der Waals surface area contributed by atoms with Crippen LogP contribution in [-0.2, 0) is 0 Å². The number of hydrogen-bond acceptors (Lipinski definition) is 0. The van der Waals surface area contributed by atoms with Crippen molar-refractivity contribution in [1.29, 1.82) is 0 Å². The highest BCUT2D eigenvalue weighted by Gasteiger charge is 2.85. The van der Waals surface area contributed by atoms with Crippen molar-refractivity contribution in [1.82, 2.24) is 0 Å². The topological polar surface area (TPSA) is 0 Å². The molecule has 5 fully saturated rings. The predicted octanol–water partition coefficient (Wildman–Crippen LogP) is 7.82. The quantitative estimate of drug-likeness (QED) is 0.303. The number of halogens is 8. The molecule has 5 aliphatic carbocycles. The Bertz CT molecular complexity index is 528. The number of rotatable bonds is 0. The van der Waals surface area contributed by atoms with Crippen LogP contribution in [0.25, 0.3) is 0 Å². The maximum atomic E-state index is 6.58. The first-order chi connectivity index (χ1) is 10.7. The average Bonchev–Trinajstić information content (AvgIpc) is 3.21. The largest absolute Gasteiger partial charge is 0.124 e. The zero-order chi connectivity index (χ0) is 17.7. The molecule has 0 N–H and O–H groups in total. The van der Waals surface area contributed by atoms with Gasteiger partial charge in [0.2, 0.25) is 0 Å². The highest BCUT2D eigenvalue weighted by molar-refractivity contribution is 6.54. The van der Waals surface area contributed by atoms with Gasteiger partial charge in [-0.05, 0) is 51.4 Å². The van der Waals surface area contributed by atoms with Gasteiger partial charge in [0.15, 0.2) is 0 Å². The molecule has 0 aromatic rings. The summed E-state index contributed by atoms with van der Waals surface area (Å²) in [6, 6.07) is 0. The molecule has 0 bridgehead atoms. The van der Waals surface area contributed by atoms with Crippen molar-refractivity contribution in [3.63, 3.8) is 0 Å². The van der Waals surface area contributed by atoms with Crippen molar-refractivity contribution in [2.24, 2.45) is 21.7 Å². The van der Waals surface area contributed by atoms with E-state index in [9.17, 15) is 0 Å². The van der Waals surface area contributed by atoms with Gasteiger partial charge in [0.05, 0.1) is 0 Å². The lowest BCUT2D eigenvalue weighted by atomic mass is 9.69. The zero-order valence-corrected chi connectivity index (χ0v) is 18.7. The smallest absolute Gasteiger partial charge is 0.101 e. The van der Waals surface area contributed by atoms with Crippen LogP contribution >= 0.6 is 92.8 Å². The minimum atomic E-state index is -0.751. The fourth-order valence-electron chi connectivity index (χ4n) is 5.90. The summed E-state index contributed by atoms with van der Waals surface area (Å²) in [5.74, 6) is 0. The van der Waals surface area contributed by atoms with E-state index in [0.29, 0.717) is 0 Å². The van der Waals surface area contributed by atoms with Gasteiger partial charge in [0.1, 0.15) is 17.3 Å². The second-order valence-electron chi connectivity index (χ2n) is 9.35. The molecule has 0 unspecified atom stereocenters. The third-order valence-electron chi connectivity index (χ3n) is 7.55. The average molecular weight is 492 g/mol. The number of hydrogen-bond donors (Lipinski definition) is 0. The van der Waals surface area contributed by atoms with Gasteiger partial charge in [-0.15, -0.1) is 92.8 Å². The molecule has 0 radical (unpaired) electrons. The van der Waals surface area contributed by atoms with Gasteiger partial charge in [-0.3, -0.25) is 0 Å². The summed E-state index contributed by atoms with van der Waals surface area (Å²) < 4.78 is -3.00. The minimum absolute atomic E-state index is 0.217. The Hall–Kier alpha value is 2.32. The van der Waals surface area contributed by atoms with Gasteiger partial charge in [-0.2, -0.15) is 0 Å². The fraction of sp³-hybridized carbons (Fsp3) is 1.00. The second kappa shape index (κ2) is 4.40. The van der Waals surface area contributed by atoms with E-state index >= 15 is 0 Å². The van der Waals surface area contributed by atoms with Crippen molar-refractivity contribution in [2.75, 3.05) is 0 Å². The van der Waals surface area contributed by atoms with Gasteiger partial charge in [-0.25, -0.2) is 0 Å². The van der Waals surface area contributed by atoms with Gasteiger partial charge >= 0.3 is 0 Å². The summed E-state index contributed by atoms with van der Waals surface area (Å²) in [5, 5.41) is 0. The standard InChI is InChI=1S/C16H16Cl8/c17-13(18)5-9(13)1-10(6-14(10,19)20)3-12(8-16(12,23)24)4-11(2-9)7-15(11,21)22/h1-8H2. The SMILES string of the molecule is ClC1(Cl)CC12CC1(CC1(Cl)Cl)CC1(CC1(Cl)Cl)CC1(CC1(Cl)Cl)C2. The molecular formula is C16H16Cl8. The Morgan fingerprint density at radius 1 is 0.292 bits per heavy atom. The molecule has 0 heterocycles.